The minimum atomic E-state index is -0.486. The molecule has 0 bridgehead atoms. The summed E-state index contributed by atoms with van der Waals surface area (Å²) >= 11 is 0. The van der Waals surface area contributed by atoms with Gasteiger partial charge in [0.25, 0.3) is 0 Å². The molecule has 1 fully saturated rings. The van der Waals surface area contributed by atoms with Gasteiger partial charge in [-0.2, -0.15) is 0 Å². The molecule has 0 saturated carbocycles. The van der Waals surface area contributed by atoms with Crippen LogP contribution in [-0.4, -0.2) is 36.5 Å². The minimum Gasteiger partial charge on any atom is -0.368 e. The van der Waals surface area contributed by atoms with Crippen molar-refractivity contribution in [1.82, 2.24) is 4.90 Å². The van der Waals surface area contributed by atoms with Gasteiger partial charge in [0.05, 0.1) is 6.04 Å². The molecule has 0 spiro atoms. The summed E-state index contributed by atoms with van der Waals surface area (Å²) in [5.41, 5.74) is 11.2. The normalized spacial score (nSPS) is 23.7. The molecule has 1 saturated heterocycles. The maximum Gasteiger partial charge on any atom is 0.234 e. The number of hydrogen-bond acceptors (Lipinski definition) is 3. The van der Waals surface area contributed by atoms with E-state index in [0.29, 0.717) is 11.8 Å². The number of nitrogens with zero attached hydrogens (tertiary/aromatic N) is 1. The van der Waals surface area contributed by atoms with E-state index in [1.54, 1.807) is 0 Å². The second-order valence-corrected chi connectivity index (χ2v) is 5.30. The molecular formula is C11H23N3O. The van der Waals surface area contributed by atoms with Crippen LogP contribution in [0.2, 0.25) is 0 Å². The number of carbonyl (C=O) groups is 1. The summed E-state index contributed by atoms with van der Waals surface area (Å²) < 4.78 is 0. The van der Waals surface area contributed by atoms with E-state index >= 15 is 0 Å². The monoisotopic (exact) mass is 213 g/mol. The van der Waals surface area contributed by atoms with Gasteiger partial charge in [0, 0.05) is 6.54 Å². The highest BCUT2D eigenvalue weighted by molar-refractivity contribution is 5.79. The summed E-state index contributed by atoms with van der Waals surface area (Å²) in [6.45, 7) is 7.72. The number of piperidine rings is 1. The number of likely N-dealkylation sites (tertiary alicyclic amines) is 1. The summed E-state index contributed by atoms with van der Waals surface area (Å²) in [6.07, 6.45) is 3.12. The van der Waals surface area contributed by atoms with Gasteiger partial charge in [0.1, 0.15) is 0 Å². The summed E-state index contributed by atoms with van der Waals surface area (Å²) in [5, 5.41) is 0. The van der Waals surface area contributed by atoms with E-state index < -0.39 is 11.9 Å². The fourth-order valence-corrected chi connectivity index (χ4v) is 1.85. The SMILES string of the molecule is CC1(C)CCN(CCC(N)C(N)=O)CC1. The number of nitrogens with two attached hydrogens (primary N) is 2. The Kier molecular flexibility index (Phi) is 4.11. The molecule has 0 aromatic carbocycles. The maximum atomic E-state index is 10.8. The highest BCUT2D eigenvalue weighted by atomic mass is 16.1. The fourth-order valence-electron chi connectivity index (χ4n) is 1.85. The first-order valence-electron chi connectivity index (χ1n) is 5.68. The first-order chi connectivity index (χ1) is 6.91. The third-order valence-electron chi connectivity index (χ3n) is 3.33. The first kappa shape index (κ1) is 12.5. The summed E-state index contributed by atoms with van der Waals surface area (Å²) in [7, 11) is 0. The predicted octanol–water partition coefficient (Wildman–Crippen LogP) is 0.311. The first-order valence-corrected chi connectivity index (χ1v) is 5.68. The molecule has 0 radical (unpaired) electrons. The lowest BCUT2D eigenvalue weighted by Crippen LogP contribution is -2.42. The molecular weight excluding hydrogens is 190 g/mol. The molecule has 4 N–H and O–H groups in total. The molecule has 4 nitrogen and oxygen atoms in total. The fraction of sp³-hybridized carbons (Fsp3) is 0.909. The van der Waals surface area contributed by atoms with E-state index in [1.165, 1.54) is 12.8 Å². The van der Waals surface area contributed by atoms with E-state index in [9.17, 15) is 4.79 Å². The highest BCUT2D eigenvalue weighted by Crippen LogP contribution is 2.29. The van der Waals surface area contributed by atoms with Crippen LogP contribution >= 0.6 is 0 Å². The molecule has 4 heteroatoms. The van der Waals surface area contributed by atoms with Gasteiger partial charge >= 0.3 is 0 Å². The molecule has 1 aliphatic rings. The van der Waals surface area contributed by atoms with Crippen LogP contribution in [0.15, 0.2) is 0 Å². The smallest absolute Gasteiger partial charge is 0.234 e. The van der Waals surface area contributed by atoms with Gasteiger partial charge in [0.15, 0.2) is 0 Å². The van der Waals surface area contributed by atoms with Crippen molar-refractivity contribution < 1.29 is 4.79 Å². The van der Waals surface area contributed by atoms with Gasteiger partial charge in [-0.1, -0.05) is 13.8 Å². The van der Waals surface area contributed by atoms with Gasteiger partial charge < -0.3 is 16.4 Å². The van der Waals surface area contributed by atoms with Crippen molar-refractivity contribution in [1.29, 1.82) is 0 Å². The zero-order valence-corrected chi connectivity index (χ0v) is 9.83. The van der Waals surface area contributed by atoms with Crippen LogP contribution in [0.4, 0.5) is 0 Å². The number of carbonyl (C=O) groups excluding carboxylic acids is 1. The van der Waals surface area contributed by atoms with Crippen molar-refractivity contribution >= 4 is 5.91 Å². The maximum absolute atomic E-state index is 10.8. The highest BCUT2D eigenvalue weighted by Gasteiger charge is 2.25. The molecule has 0 aromatic rings. The third kappa shape index (κ3) is 4.18. The van der Waals surface area contributed by atoms with Crippen molar-refractivity contribution in [3.8, 4) is 0 Å². The molecule has 1 amide bonds. The standard InChI is InChI=1S/C11H23N3O/c1-11(2)4-7-14(8-5-11)6-3-9(12)10(13)15/h9H,3-8,12H2,1-2H3,(H2,13,15). The van der Waals surface area contributed by atoms with E-state index in [0.717, 1.165) is 19.6 Å². The van der Waals surface area contributed by atoms with Crippen LogP contribution in [0, 0.1) is 5.41 Å². The Labute approximate surface area is 92.0 Å². The van der Waals surface area contributed by atoms with Crippen LogP contribution in [0.1, 0.15) is 33.1 Å². The third-order valence-corrected chi connectivity index (χ3v) is 3.33. The second kappa shape index (κ2) is 4.94. The molecule has 0 aliphatic carbocycles. The lowest BCUT2D eigenvalue weighted by Gasteiger charge is -2.37. The van der Waals surface area contributed by atoms with E-state index in [4.69, 9.17) is 11.5 Å². The molecule has 1 aliphatic heterocycles. The number of rotatable bonds is 4. The zero-order chi connectivity index (χ0) is 11.5. The van der Waals surface area contributed by atoms with Crippen molar-refractivity contribution in [2.45, 2.75) is 39.2 Å². The van der Waals surface area contributed by atoms with Crippen molar-refractivity contribution in [3.05, 3.63) is 0 Å². The van der Waals surface area contributed by atoms with E-state index in [1.807, 2.05) is 0 Å². The molecule has 15 heavy (non-hydrogen) atoms. The molecule has 1 heterocycles. The topological polar surface area (TPSA) is 72.3 Å². The average Bonchev–Trinajstić information content (AvgIpc) is 2.15. The van der Waals surface area contributed by atoms with Crippen molar-refractivity contribution in [2.75, 3.05) is 19.6 Å². The second-order valence-electron chi connectivity index (χ2n) is 5.30. The number of hydrogen-bond donors (Lipinski definition) is 2. The Balaban J connectivity index is 2.22. The Morgan fingerprint density at radius 1 is 1.40 bits per heavy atom. The van der Waals surface area contributed by atoms with Crippen LogP contribution in [-0.2, 0) is 4.79 Å². The zero-order valence-electron chi connectivity index (χ0n) is 9.83. The molecule has 88 valence electrons. The van der Waals surface area contributed by atoms with E-state index in [-0.39, 0.29) is 0 Å². The van der Waals surface area contributed by atoms with Crippen molar-refractivity contribution in [3.63, 3.8) is 0 Å². The molecule has 1 unspecified atom stereocenters. The summed E-state index contributed by atoms with van der Waals surface area (Å²) in [5.74, 6) is -0.396. The summed E-state index contributed by atoms with van der Waals surface area (Å²) in [4.78, 5) is 13.1. The average molecular weight is 213 g/mol. The van der Waals surface area contributed by atoms with Crippen LogP contribution < -0.4 is 11.5 Å². The van der Waals surface area contributed by atoms with E-state index in [2.05, 4.69) is 18.7 Å². The van der Waals surface area contributed by atoms with Gasteiger partial charge in [0.2, 0.25) is 5.91 Å². The van der Waals surface area contributed by atoms with Crippen LogP contribution in [0.25, 0.3) is 0 Å². The Morgan fingerprint density at radius 3 is 2.40 bits per heavy atom. The molecule has 1 rings (SSSR count). The largest absolute Gasteiger partial charge is 0.368 e. The Hall–Kier alpha value is -0.610. The minimum absolute atomic E-state index is 0.396. The lowest BCUT2D eigenvalue weighted by molar-refractivity contribution is -0.119. The molecule has 0 aromatic heterocycles. The number of primary amides is 1. The van der Waals surface area contributed by atoms with Crippen LogP contribution in [0.5, 0.6) is 0 Å². The van der Waals surface area contributed by atoms with Gasteiger partial charge in [-0.05, 0) is 37.8 Å². The van der Waals surface area contributed by atoms with Gasteiger partial charge in [-0.3, -0.25) is 4.79 Å². The summed E-state index contributed by atoms with van der Waals surface area (Å²) in [6, 6.07) is -0.486. The quantitative estimate of drug-likeness (QED) is 0.706. The Morgan fingerprint density at radius 2 is 1.93 bits per heavy atom. The lowest BCUT2D eigenvalue weighted by atomic mass is 9.82. The molecule has 1 atom stereocenters. The van der Waals surface area contributed by atoms with Crippen LogP contribution in [0.3, 0.4) is 0 Å². The Bertz CT molecular complexity index is 218. The van der Waals surface area contributed by atoms with Gasteiger partial charge in [-0.25, -0.2) is 0 Å². The predicted molar refractivity (Wildman–Crippen MR) is 61.2 cm³/mol. The van der Waals surface area contributed by atoms with Gasteiger partial charge in [-0.15, -0.1) is 0 Å². The number of amides is 1. The van der Waals surface area contributed by atoms with Crippen molar-refractivity contribution in [2.24, 2.45) is 16.9 Å².